The highest BCUT2D eigenvalue weighted by molar-refractivity contribution is 9.10. The zero-order chi connectivity index (χ0) is 50.4. The third-order valence-electron chi connectivity index (χ3n) is 14.0. The average Bonchev–Trinajstić information content (AvgIpc) is 4.05. The van der Waals surface area contributed by atoms with E-state index in [0.717, 1.165) is 64.8 Å². The van der Waals surface area contributed by atoms with Gasteiger partial charge in [-0.1, -0.05) is 51.4 Å². The quantitative estimate of drug-likeness (QED) is 0.0373. The number of hydrogen-bond donors (Lipinski definition) is 1. The molecular formula is C52H60BrN11O7. The third-order valence-corrected chi connectivity index (χ3v) is 14.5. The zero-order valence-electron chi connectivity index (χ0n) is 41.1. The summed E-state index contributed by atoms with van der Waals surface area (Å²) in [5.74, 6) is 0.313. The predicted molar refractivity (Wildman–Crippen MR) is 271 cm³/mol. The van der Waals surface area contributed by atoms with Crippen LogP contribution in [0.25, 0.3) is 16.7 Å². The monoisotopic (exact) mass is 1030 g/mol. The Bertz CT molecular complexity index is 2910. The molecule has 9 rings (SSSR count). The molecule has 372 valence electrons. The number of benzene rings is 2. The Morgan fingerprint density at radius 1 is 0.859 bits per heavy atom. The van der Waals surface area contributed by atoms with Crippen LogP contribution < -0.4 is 9.47 Å². The van der Waals surface area contributed by atoms with Crippen LogP contribution in [-0.2, 0) is 9.63 Å². The van der Waals surface area contributed by atoms with Crippen LogP contribution in [0.3, 0.4) is 0 Å². The molecular weight excluding hydrogens is 971 g/mol. The number of H-pyrrole nitrogens is 1. The van der Waals surface area contributed by atoms with Crippen LogP contribution in [0.15, 0.2) is 95.2 Å². The van der Waals surface area contributed by atoms with Crippen LogP contribution in [0.5, 0.6) is 5.75 Å². The first-order valence-electron chi connectivity index (χ1n) is 24.0. The molecule has 0 bridgehead atoms. The number of fused-ring (bicyclic) bond motifs is 1. The number of hydrogen-bond acceptors (Lipinski definition) is 12. The van der Waals surface area contributed by atoms with Crippen molar-refractivity contribution >= 4 is 56.0 Å². The summed E-state index contributed by atoms with van der Waals surface area (Å²) >= 11 is 3.52. The maximum Gasteiger partial charge on any atom is 0.295 e. The van der Waals surface area contributed by atoms with E-state index in [0.29, 0.717) is 83.8 Å². The topological polar surface area (TPSA) is 198 Å². The van der Waals surface area contributed by atoms with E-state index in [-0.39, 0.29) is 36.0 Å². The van der Waals surface area contributed by atoms with Gasteiger partial charge < -0.3 is 34.5 Å². The maximum absolute atomic E-state index is 13.3. The van der Waals surface area contributed by atoms with Gasteiger partial charge in [0.05, 0.1) is 35.5 Å². The summed E-state index contributed by atoms with van der Waals surface area (Å²) in [4.78, 5) is 77.1. The number of pyridine rings is 2. The summed E-state index contributed by atoms with van der Waals surface area (Å²) in [5.41, 5.74) is 5.39. The van der Waals surface area contributed by atoms with E-state index >= 15 is 0 Å². The molecule has 3 amide bonds. The Morgan fingerprint density at radius 3 is 2.15 bits per heavy atom. The molecule has 0 atom stereocenters. The molecule has 7 heterocycles. The molecule has 4 aromatic heterocycles. The van der Waals surface area contributed by atoms with Crippen molar-refractivity contribution < 1.29 is 33.5 Å². The van der Waals surface area contributed by atoms with Gasteiger partial charge in [-0.15, -0.1) is 0 Å². The number of aromatic amines is 1. The molecule has 71 heavy (non-hydrogen) atoms. The summed E-state index contributed by atoms with van der Waals surface area (Å²) in [5, 5.41) is 21.3. The minimum Gasteiger partial charge on any atom is -0.618 e. The Kier molecular flexibility index (Phi) is 15.6. The molecule has 3 fully saturated rings. The Labute approximate surface area is 421 Å². The summed E-state index contributed by atoms with van der Waals surface area (Å²) in [6.07, 6.45) is 9.89. The molecule has 0 spiro atoms. The van der Waals surface area contributed by atoms with Crippen LogP contribution >= 0.6 is 15.9 Å². The lowest BCUT2D eigenvalue weighted by atomic mass is 9.82. The fourth-order valence-corrected chi connectivity index (χ4v) is 10.0. The first kappa shape index (κ1) is 50.4. The molecule has 19 heteroatoms. The van der Waals surface area contributed by atoms with E-state index in [9.17, 15) is 24.4 Å². The van der Waals surface area contributed by atoms with Gasteiger partial charge in [-0.25, -0.2) is 14.6 Å². The lowest BCUT2D eigenvalue weighted by molar-refractivity contribution is -0.612. The number of methoxy groups -OCH3 is 1. The van der Waals surface area contributed by atoms with Crippen molar-refractivity contribution in [3.8, 4) is 11.6 Å². The number of nitrogens with one attached hydrogen (secondary N) is 1. The number of amides is 3. The molecule has 0 saturated carbocycles. The number of rotatable bonds is 11. The van der Waals surface area contributed by atoms with Gasteiger partial charge in [0.2, 0.25) is 5.69 Å². The predicted octanol–water partition coefficient (Wildman–Crippen LogP) is 6.47. The highest BCUT2D eigenvalue weighted by Crippen LogP contribution is 2.35. The molecule has 3 saturated heterocycles. The number of ketones is 1. The van der Waals surface area contributed by atoms with Crippen LogP contribution in [0.4, 0.5) is 0 Å². The van der Waals surface area contributed by atoms with Gasteiger partial charge in [0.1, 0.15) is 30.1 Å². The van der Waals surface area contributed by atoms with Crippen molar-refractivity contribution in [3.63, 3.8) is 0 Å². The summed E-state index contributed by atoms with van der Waals surface area (Å²) in [7, 11) is 1.47. The molecule has 18 nitrogen and oxygen atoms in total. The van der Waals surface area contributed by atoms with Gasteiger partial charge in [-0.05, 0) is 102 Å². The number of piperazine rings is 1. The van der Waals surface area contributed by atoms with Crippen molar-refractivity contribution in [3.05, 3.63) is 135 Å². The highest BCUT2D eigenvalue weighted by atomic mass is 79.9. The van der Waals surface area contributed by atoms with Crippen molar-refractivity contribution in [1.29, 1.82) is 0 Å². The fourth-order valence-electron chi connectivity index (χ4n) is 9.76. The normalized spacial score (nSPS) is 16.6. The fraction of sp³-hybridized carbons (Fsp3) is 0.404. The minimum absolute atomic E-state index is 0.0257. The van der Waals surface area contributed by atoms with Crippen molar-refractivity contribution in [2.75, 3.05) is 66.1 Å². The average molecular weight is 1030 g/mol. The second-order valence-electron chi connectivity index (χ2n) is 18.4. The number of ether oxygens (including phenoxy) is 1. The summed E-state index contributed by atoms with van der Waals surface area (Å²) < 4.78 is 8.77. The van der Waals surface area contributed by atoms with E-state index in [4.69, 9.17) is 9.57 Å². The maximum atomic E-state index is 13.3. The lowest BCUT2D eigenvalue weighted by Gasteiger charge is -2.49. The van der Waals surface area contributed by atoms with E-state index in [2.05, 4.69) is 77.2 Å². The number of likely N-dealkylation sites (tertiary alicyclic amines) is 2. The van der Waals surface area contributed by atoms with Gasteiger partial charge in [-0.3, -0.25) is 24.1 Å². The second-order valence-corrected chi connectivity index (χ2v) is 19.3. The first-order valence-corrected chi connectivity index (χ1v) is 24.8. The van der Waals surface area contributed by atoms with Crippen LogP contribution in [-0.4, -0.2) is 145 Å². The van der Waals surface area contributed by atoms with Gasteiger partial charge >= 0.3 is 0 Å². The number of piperidine rings is 2. The number of carbonyl (C=O) groups is 4. The molecule has 0 unspecified atom stereocenters. The van der Waals surface area contributed by atoms with Crippen LogP contribution in [0.1, 0.15) is 93.2 Å². The lowest BCUT2D eigenvalue weighted by Crippen LogP contribution is -2.57. The van der Waals surface area contributed by atoms with E-state index < -0.39 is 11.7 Å². The summed E-state index contributed by atoms with van der Waals surface area (Å²) in [6.45, 7) is 14.9. The second kappa shape index (κ2) is 22.0. The van der Waals surface area contributed by atoms with Crippen LogP contribution in [0, 0.1) is 31.9 Å². The summed E-state index contributed by atoms with van der Waals surface area (Å²) in [6, 6.07) is 19.0. The third kappa shape index (κ3) is 10.9. The van der Waals surface area contributed by atoms with Crippen molar-refractivity contribution in [2.45, 2.75) is 65.8 Å². The van der Waals surface area contributed by atoms with Gasteiger partial charge in [0.15, 0.2) is 12.0 Å². The van der Waals surface area contributed by atoms with Crippen molar-refractivity contribution in [2.24, 2.45) is 11.1 Å². The Hall–Kier alpha value is -6.99. The number of oxime groups is 1. The number of aryl methyl sites for hydroxylation is 2. The molecule has 2 aromatic carbocycles. The SMILES string of the molecule is CCO/N=C(\c1ccc(Br)cc1)C1CCN(C2(C)CCN(C(=O)c3c(C)cc[n+]([O-])c3C)CC2)CC1.COc1cnc(-n2cnc(C)n2)c2[nH]cc(C(=O)C(=O)N3CCN(C(=O)c4ccccc4)CC3)c12. The van der Waals surface area contributed by atoms with Crippen molar-refractivity contribution in [1.82, 2.24) is 44.3 Å². The minimum atomic E-state index is -0.663. The Balaban J connectivity index is 0.000000190. The Morgan fingerprint density at radius 2 is 1.52 bits per heavy atom. The van der Waals surface area contributed by atoms with E-state index in [1.54, 1.807) is 36.9 Å². The van der Waals surface area contributed by atoms with Gasteiger partial charge in [0.25, 0.3) is 23.5 Å². The molecule has 0 radical (unpaired) electrons. The number of carbonyl (C=O) groups excluding carboxylic acids is 4. The number of aromatic nitrogens is 6. The van der Waals surface area contributed by atoms with E-state index in [1.165, 1.54) is 41.6 Å². The largest absolute Gasteiger partial charge is 0.618 e. The van der Waals surface area contributed by atoms with Crippen LogP contribution in [0.2, 0.25) is 0 Å². The number of Topliss-reactive ketones (excluding diaryl/α,β-unsaturated/α-hetero) is 1. The molecule has 3 aliphatic heterocycles. The number of halogens is 1. The molecule has 1 N–H and O–H groups in total. The molecule has 6 aromatic rings. The zero-order valence-corrected chi connectivity index (χ0v) is 42.6. The van der Waals surface area contributed by atoms with E-state index in [1.807, 2.05) is 36.9 Å². The first-order chi connectivity index (χ1) is 34.2. The molecule has 0 aliphatic carbocycles. The standard InChI is InChI=1S/C28H37BrN4O3.C24H23N7O4/c1-5-36-30-26(22-6-8-24(29)9-7-22)23-11-15-32(16-12-23)28(4)13-18-31(19-14-28)27(34)25-20(2)10-17-33(35)21(25)3;1-15-27-14-31(28-15)22-20-19(18(35-2)13-26-22)17(12-25-20)21(32)24(34)30-10-8-29(9-11-30)23(33)16-6-4-3-5-7-16/h6-10,17,23H,5,11-16,18-19H2,1-4H3;3-7,12-14,25H,8-11H2,1-2H3/b30-26+;. The van der Waals surface area contributed by atoms with Gasteiger partial charge in [0, 0.05) is 79.9 Å². The van der Waals surface area contributed by atoms with Gasteiger partial charge in [-0.2, -0.15) is 9.83 Å². The number of nitrogens with zero attached hydrogens (tertiary/aromatic N) is 10. The highest BCUT2D eigenvalue weighted by Gasteiger charge is 2.40. The smallest absolute Gasteiger partial charge is 0.295 e. The molecule has 3 aliphatic rings.